The fraction of sp³-hybridized carbons (Fsp3) is 0.667. The Hall–Kier alpha value is -0.480. The van der Waals surface area contributed by atoms with Crippen LogP contribution in [0.15, 0.2) is 0 Å². The summed E-state index contributed by atoms with van der Waals surface area (Å²) in [7, 11) is 0. The van der Waals surface area contributed by atoms with Gasteiger partial charge in [-0.1, -0.05) is 19.8 Å². The molecule has 0 N–H and O–H groups in total. The molecule has 0 unspecified atom stereocenters. The smallest absolute Gasteiger partial charge is 0.208 e. The summed E-state index contributed by atoms with van der Waals surface area (Å²) in [6, 6.07) is 0. The zero-order chi connectivity index (χ0) is 9.07. The molecule has 0 bridgehead atoms. The van der Waals surface area contributed by atoms with E-state index in [9.17, 15) is 4.79 Å². The van der Waals surface area contributed by atoms with Crippen molar-refractivity contribution in [1.82, 2.24) is 0 Å². The second-order valence-electron chi connectivity index (χ2n) is 3.24. The average Bonchev–Trinajstić information content (AvgIpc) is 1.80. The van der Waals surface area contributed by atoms with E-state index in [-0.39, 0.29) is 11.7 Å². The number of Topliss-reactive ketones (excluding diaryl/α,β-unsaturated/α-hetero) is 1. The van der Waals surface area contributed by atoms with E-state index in [1.54, 1.807) is 13.8 Å². The van der Waals surface area contributed by atoms with Gasteiger partial charge < -0.3 is 0 Å². The lowest BCUT2D eigenvalue weighted by Gasteiger charge is -2.03. The number of alkyl halides is 1. The van der Waals surface area contributed by atoms with Gasteiger partial charge in [0.05, 0.1) is 4.87 Å². The highest BCUT2D eigenvalue weighted by Gasteiger charge is 2.09. The largest absolute Gasteiger partial charge is 0.285 e. The van der Waals surface area contributed by atoms with E-state index in [0.717, 1.165) is 0 Å². The van der Waals surface area contributed by atoms with E-state index >= 15 is 0 Å². The van der Waals surface area contributed by atoms with Crippen molar-refractivity contribution in [3.8, 4) is 11.8 Å². The molecule has 0 amide bonds. The van der Waals surface area contributed by atoms with Crippen LogP contribution in [-0.4, -0.2) is 10.7 Å². The predicted octanol–water partition coefficient (Wildman–Crippen LogP) is 2.23. The van der Waals surface area contributed by atoms with Crippen LogP contribution in [0.5, 0.6) is 0 Å². The zero-order valence-electron chi connectivity index (χ0n) is 7.36. The van der Waals surface area contributed by atoms with Crippen molar-refractivity contribution in [2.45, 2.75) is 32.6 Å². The minimum atomic E-state index is -0.593. The second kappa shape index (κ2) is 3.78. The first-order valence-electron chi connectivity index (χ1n) is 3.59. The van der Waals surface area contributed by atoms with Gasteiger partial charge in [-0.05, 0) is 19.8 Å². The maximum atomic E-state index is 11.0. The summed E-state index contributed by atoms with van der Waals surface area (Å²) in [5, 5.41) is 0. The first-order valence-corrected chi connectivity index (χ1v) is 3.96. The van der Waals surface area contributed by atoms with Crippen LogP contribution in [0.3, 0.4) is 0 Å². The number of carbonyl (C=O) groups excluding carboxylic acids is 1. The maximum Gasteiger partial charge on any atom is 0.208 e. The highest BCUT2D eigenvalue weighted by molar-refractivity contribution is 6.25. The van der Waals surface area contributed by atoms with Crippen LogP contribution in [-0.2, 0) is 4.79 Å². The molecule has 0 spiro atoms. The van der Waals surface area contributed by atoms with Crippen molar-refractivity contribution in [2.24, 2.45) is 5.92 Å². The molecule has 0 fully saturated rings. The molecule has 0 aromatic heterocycles. The number of halogens is 1. The van der Waals surface area contributed by atoms with Crippen LogP contribution >= 0.6 is 11.6 Å². The molecule has 0 rings (SSSR count). The number of carbonyl (C=O) groups is 1. The monoisotopic (exact) mass is 172 g/mol. The number of ketones is 1. The third kappa shape index (κ3) is 5.94. The Kier molecular flexibility index (Phi) is 3.62. The molecule has 62 valence electrons. The molecule has 0 aromatic rings. The van der Waals surface area contributed by atoms with Crippen molar-refractivity contribution in [1.29, 1.82) is 0 Å². The van der Waals surface area contributed by atoms with Crippen molar-refractivity contribution >= 4 is 17.4 Å². The molecule has 0 atom stereocenters. The fourth-order valence-electron chi connectivity index (χ4n) is 0.355. The topological polar surface area (TPSA) is 17.1 Å². The molecule has 0 saturated heterocycles. The van der Waals surface area contributed by atoms with Crippen molar-refractivity contribution in [3.63, 3.8) is 0 Å². The molecule has 0 aliphatic carbocycles. The minimum Gasteiger partial charge on any atom is -0.285 e. The first-order chi connectivity index (χ1) is 4.83. The van der Waals surface area contributed by atoms with Crippen molar-refractivity contribution < 1.29 is 4.79 Å². The van der Waals surface area contributed by atoms with Crippen LogP contribution in [0.2, 0.25) is 0 Å². The Balaban J connectivity index is 4.20. The molecule has 0 radical (unpaired) electrons. The quantitative estimate of drug-likeness (QED) is 0.337. The van der Waals surface area contributed by atoms with Crippen LogP contribution < -0.4 is 0 Å². The van der Waals surface area contributed by atoms with Gasteiger partial charge in [0.25, 0.3) is 0 Å². The van der Waals surface area contributed by atoms with Gasteiger partial charge in [-0.3, -0.25) is 4.79 Å². The van der Waals surface area contributed by atoms with Gasteiger partial charge >= 0.3 is 0 Å². The van der Waals surface area contributed by atoms with E-state index in [1.165, 1.54) is 0 Å². The Bertz CT molecular complexity index is 200. The third-order valence-electron chi connectivity index (χ3n) is 1.01. The first kappa shape index (κ1) is 10.5. The Labute approximate surface area is 73.1 Å². The van der Waals surface area contributed by atoms with Crippen molar-refractivity contribution in [2.75, 3.05) is 0 Å². The molecule has 0 aliphatic rings. The van der Waals surface area contributed by atoms with Crippen molar-refractivity contribution in [3.05, 3.63) is 0 Å². The second-order valence-corrected chi connectivity index (χ2v) is 4.19. The van der Waals surface area contributed by atoms with Gasteiger partial charge in [-0.25, -0.2) is 0 Å². The van der Waals surface area contributed by atoms with E-state index in [4.69, 9.17) is 11.6 Å². The molecule has 0 heterocycles. The fourth-order valence-corrected chi connectivity index (χ4v) is 0.402. The Morgan fingerprint density at radius 3 is 2.18 bits per heavy atom. The SMILES string of the molecule is CC(C)C(=O)C#CC(C)(C)Cl. The van der Waals surface area contributed by atoms with Crippen LogP contribution in [0.1, 0.15) is 27.7 Å². The van der Waals surface area contributed by atoms with Gasteiger partial charge in [0.1, 0.15) is 0 Å². The molecular formula is C9H13ClO. The number of hydrogen-bond acceptors (Lipinski definition) is 1. The number of rotatable bonds is 1. The highest BCUT2D eigenvalue weighted by atomic mass is 35.5. The lowest BCUT2D eigenvalue weighted by atomic mass is 10.1. The van der Waals surface area contributed by atoms with Crippen LogP contribution in [0.4, 0.5) is 0 Å². The predicted molar refractivity (Wildman–Crippen MR) is 47.6 cm³/mol. The minimum absolute atomic E-state index is 0.0264. The third-order valence-corrected chi connectivity index (χ3v) is 1.10. The zero-order valence-corrected chi connectivity index (χ0v) is 8.12. The summed E-state index contributed by atoms with van der Waals surface area (Å²) in [5.41, 5.74) is 0. The summed E-state index contributed by atoms with van der Waals surface area (Å²) in [4.78, 5) is 10.4. The lowest BCUT2D eigenvalue weighted by molar-refractivity contribution is -0.116. The molecule has 2 heteroatoms. The molecule has 0 aliphatic heterocycles. The molecule has 0 aromatic carbocycles. The molecule has 11 heavy (non-hydrogen) atoms. The van der Waals surface area contributed by atoms with E-state index in [0.29, 0.717) is 0 Å². The van der Waals surface area contributed by atoms with E-state index in [2.05, 4.69) is 11.8 Å². The summed E-state index contributed by atoms with van der Waals surface area (Å²) in [5.74, 6) is 5.09. The average molecular weight is 173 g/mol. The summed E-state index contributed by atoms with van der Waals surface area (Å²) in [6.45, 7) is 7.15. The molecule has 1 nitrogen and oxygen atoms in total. The van der Waals surface area contributed by atoms with E-state index < -0.39 is 4.87 Å². The van der Waals surface area contributed by atoms with Gasteiger partial charge in [0, 0.05) is 5.92 Å². The highest BCUT2D eigenvalue weighted by Crippen LogP contribution is 2.09. The summed E-state index contributed by atoms with van der Waals surface area (Å²) < 4.78 is 0. The van der Waals surface area contributed by atoms with Gasteiger partial charge in [-0.2, -0.15) is 0 Å². The maximum absolute atomic E-state index is 11.0. The Morgan fingerprint density at radius 2 is 1.91 bits per heavy atom. The normalized spacial score (nSPS) is 10.7. The van der Waals surface area contributed by atoms with Gasteiger partial charge in [-0.15, -0.1) is 11.6 Å². The lowest BCUT2D eigenvalue weighted by Crippen LogP contribution is -2.09. The van der Waals surface area contributed by atoms with E-state index in [1.807, 2.05) is 13.8 Å². The molecular weight excluding hydrogens is 160 g/mol. The van der Waals surface area contributed by atoms with Gasteiger partial charge in [0.15, 0.2) is 0 Å². The van der Waals surface area contributed by atoms with Crippen LogP contribution in [0, 0.1) is 17.8 Å². The standard InChI is InChI=1S/C9H13ClO/c1-7(2)8(11)5-6-9(3,4)10/h7H,1-4H3. The van der Waals surface area contributed by atoms with Gasteiger partial charge in [0.2, 0.25) is 5.78 Å². The summed E-state index contributed by atoms with van der Waals surface area (Å²) in [6.07, 6.45) is 0. The Morgan fingerprint density at radius 1 is 1.45 bits per heavy atom. The number of hydrogen-bond donors (Lipinski definition) is 0. The molecule has 0 saturated carbocycles. The van der Waals surface area contributed by atoms with Crippen LogP contribution in [0.25, 0.3) is 0 Å². The summed E-state index contributed by atoms with van der Waals surface area (Å²) >= 11 is 5.76.